The highest BCUT2D eigenvalue weighted by Gasteiger charge is 2.27. The summed E-state index contributed by atoms with van der Waals surface area (Å²) in [5.74, 6) is 1.28. The molecule has 0 radical (unpaired) electrons. The van der Waals surface area contributed by atoms with Gasteiger partial charge in [-0.1, -0.05) is 5.16 Å². The SMILES string of the molecule is CCN(C)C(=O)CCN(C[C@H]1CCCO1)C(=O)c1cc(-c2cc(OC)ccc2OC)on1. The number of aromatic nitrogens is 1. The molecule has 0 saturated carbocycles. The number of rotatable bonds is 10. The Hall–Kier alpha value is -3.07. The Balaban J connectivity index is 1.80. The van der Waals surface area contributed by atoms with Crippen LogP contribution in [-0.2, 0) is 9.53 Å². The Morgan fingerprint density at radius 3 is 2.69 bits per heavy atom. The summed E-state index contributed by atoms with van der Waals surface area (Å²) >= 11 is 0. The summed E-state index contributed by atoms with van der Waals surface area (Å²) in [6.07, 6.45) is 2.05. The van der Waals surface area contributed by atoms with Crippen LogP contribution < -0.4 is 9.47 Å². The second kappa shape index (κ2) is 11.0. The largest absolute Gasteiger partial charge is 0.497 e. The van der Waals surface area contributed by atoms with E-state index in [0.717, 1.165) is 12.8 Å². The van der Waals surface area contributed by atoms with Crippen LogP contribution in [-0.4, -0.2) is 80.4 Å². The number of ether oxygens (including phenoxy) is 3. The molecular weight excluding hydrogens is 414 g/mol. The molecule has 2 aromatic rings. The topological polar surface area (TPSA) is 94.3 Å². The average Bonchev–Trinajstić information content (AvgIpc) is 3.52. The maximum Gasteiger partial charge on any atom is 0.276 e. The fourth-order valence-corrected chi connectivity index (χ4v) is 3.58. The van der Waals surface area contributed by atoms with Crippen molar-refractivity contribution < 1.29 is 28.3 Å². The summed E-state index contributed by atoms with van der Waals surface area (Å²) in [7, 11) is 4.88. The molecule has 174 valence electrons. The monoisotopic (exact) mass is 445 g/mol. The van der Waals surface area contributed by atoms with Crippen LogP contribution in [0.5, 0.6) is 11.5 Å². The molecule has 32 heavy (non-hydrogen) atoms. The van der Waals surface area contributed by atoms with Crippen molar-refractivity contribution in [1.29, 1.82) is 0 Å². The van der Waals surface area contributed by atoms with Gasteiger partial charge in [-0.15, -0.1) is 0 Å². The summed E-state index contributed by atoms with van der Waals surface area (Å²) < 4.78 is 21.9. The van der Waals surface area contributed by atoms with Crippen molar-refractivity contribution in [3.05, 3.63) is 30.0 Å². The van der Waals surface area contributed by atoms with Gasteiger partial charge in [-0.05, 0) is 38.0 Å². The summed E-state index contributed by atoms with van der Waals surface area (Å²) in [5, 5.41) is 4.00. The normalized spacial score (nSPS) is 15.4. The fraction of sp³-hybridized carbons (Fsp3) is 0.522. The van der Waals surface area contributed by atoms with Gasteiger partial charge < -0.3 is 28.5 Å². The molecule has 1 aliphatic rings. The molecule has 1 fully saturated rings. The van der Waals surface area contributed by atoms with E-state index >= 15 is 0 Å². The van der Waals surface area contributed by atoms with Crippen LogP contribution in [0.25, 0.3) is 11.3 Å². The Morgan fingerprint density at radius 2 is 2.03 bits per heavy atom. The van der Waals surface area contributed by atoms with Crippen LogP contribution in [0.15, 0.2) is 28.8 Å². The third-order valence-corrected chi connectivity index (χ3v) is 5.63. The first kappa shape index (κ1) is 23.6. The van der Waals surface area contributed by atoms with Crippen LogP contribution in [0.3, 0.4) is 0 Å². The highest BCUT2D eigenvalue weighted by molar-refractivity contribution is 5.93. The molecular formula is C23H31N3O6. The molecule has 0 aliphatic carbocycles. The zero-order valence-corrected chi connectivity index (χ0v) is 19.1. The fourth-order valence-electron chi connectivity index (χ4n) is 3.58. The van der Waals surface area contributed by atoms with Crippen molar-refractivity contribution in [1.82, 2.24) is 15.0 Å². The smallest absolute Gasteiger partial charge is 0.276 e. The van der Waals surface area contributed by atoms with Gasteiger partial charge in [0.2, 0.25) is 5.91 Å². The number of benzene rings is 1. The second-order valence-corrected chi connectivity index (χ2v) is 7.69. The molecule has 1 aromatic carbocycles. The standard InChI is InChI=1S/C23H31N3O6/c1-5-25(2)22(27)10-11-26(15-17-7-6-12-31-17)23(28)19-14-21(32-24-19)18-13-16(29-3)8-9-20(18)30-4/h8-9,13-14,17H,5-7,10-12,15H2,1-4H3/t17-/m1/s1. The maximum atomic E-state index is 13.3. The molecule has 1 saturated heterocycles. The Bertz CT molecular complexity index is 922. The molecule has 1 aromatic heterocycles. The van der Waals surface area contributed by atoms with E-state index in [1.165, 1.54) is 0 Å². The van der Waals surface area contributed by atoms with E-state index in [9.17, 15) is 9.59 Å². The van der Waals surface area contributed by atoms with E-state index in [1.807, 2.05) is 6.92 Å². The summed E-state index contributed by atoms with van der Waals surface area (Å²) in [6, 6.07) is 6.88. The lowest BCUT2D eigenvalue weighted by Gasteiger charge is -2.25. The van der Waals surface area contributed by atoms with E-state index < -0.39 is 0 Å². The first-order valence-corrected chi connectivity index (χ1v) is 10.8. The van der Waals surface area contributed by atoms with Crippen molar-refractivity contribution in [3.8, 4) is 22.8 Å². The molecule has 0 unspecified atom stereocenters. The average molecular weight is 446 g/mol. The van der Waals surface area contributed by atoms with Crippen molar-refractivity contribution in [2.45, 2.75) is 32.3 Å². The van der Waals surface area contributed by atoms with Gasteiger partial charge in [0.25, 0.3) is 5.91 Å². The minimum atomic E-state index is -0.302. The zero-order valence-electron chi connectivity index (χ0n) is 19.1. The molecule has 0 spiro atoms. The van der Waals surface area contributed by atoms with Crippen molar-refractivity contribution in [2.75, 3.05) is 47.5 Å². The summed E-state index contributed by atoms with van der Waals surface area (Å²) in [4.78, 5) is 28.8. The Labute approximate surface area is 188 Å². The first-order valence-electron chi connectivity index (χ1n) is 10.8. The van der Waals surface area contributed by atoms with Gasteiger partial charge in [-0.25, -0.2) is 0 Å². The number of carbonyl (C=O) groups excluding carboxylic acids is 2. The second-order valence-electron chi connectivity index (χ2n) is 7.69. The van der Waals surface area contributed by atoms with Gasteiger partial charge in [0.15, 0.2) is 11.5 Å². The van der Waals surface area contributed by atoms with Crippen molar-refractivity contribution in [3.63, 3.8) is 0 Å². The van der Waals surface area contributed by atoms with Crippen LogP contribution in [0.4, 0.5) is 0 Å². The molecule has 3 rings (SSSR count). The van der Waals surface area contributed by atoms with Gasteiger partial charge >= 0.3 is 0 Å². The molecule has 2 heterocycles. The lowest BCUT2D eigenvalue weighted by molar-refractivity contribution is -0.129. The molecule has 1 atom stereocenters. The predicted octanol–water partition coefficient (Wildman–Crippen LogP) is 2.85. The maximum absolute atomic E-state index is 13.3. The molecule has 0 N–H and O–H groups in total. The molecule has 0 bridgehead atoms. The molecule has 9 nitrogen and oxygen atoms in total. The van der Waals surface area contributed by atoms with Crippen molar-refractivity contribution in [2.24, 2.45) is 0 Å². The first-order chi connectivity index (χ1) is 15.5. The van der Waals surface area contributed by atoms with E-state index in [0.29, 0.717) is 42.5 Å². The number of hydrogen-bond donors (Lipinski definition) is 0. The van der Waals surface area contributed by atoms with Crippen molar-refractivity contribution >= 4 is 11.8 Å². The van der Waals surface area contributed by atoms with Gasteiger partial charge in [-0.2, -0.15) is 0 Å². The van der Waals surface area contributed by atoms with Gasteiger partial charge in [-0.3, -0.25) is 9.59 Å². The number of nitrogens with zero attached hydrogens (tertiary/aromatic N) is 3. The van der Waals surface area contributed by atoms with Gasteiger partial charge in [0.05, 0.1) is 25.9 Å². The summed E-state index contributed by atoms with van der Waals surface area (Å²) in [6.45, 7) is 3.91. The lowest BCUT2D eigenvalue weighted by atomic mass is 10.1. The lowest BCUT2D eigenvalue weighted by Crippen LogP contribution is -2.40. The summed E-state index contributed by atoms with van der Waals surface area (Å²) in [5.41, 5.74) is 0.794. The molecule has 2 amide bonds. The third-order valence-electron chi connectivity index (χ3n) is 5.63. The highest BCUT2D eigenvalue weighted by Crippen LogP contribution is 2.34. The number of hydrogen-bond acceptors (Lipinski definition) is 7. The Kier molecular flexibility index (Phi) is 8.10. The zero-order chi connectivity index (χ0) is 23.1. The Morgan fingerprint density at radius 1 is 1.22 bits per heavy atom. The van der Waals surface area contributed by atoms with E-state index in [-0.39, 0.29) is 36.6 Å². The van der Waals surface area contributed by atoms with Gasteiger partial charge in [0.1, 0.15) is 11.5 Å². The van der Waals surface area contributed by atoms with Crippen LogP contribution in [0.2, 0.25) is 0 Å². The van der Waals surface area contributed by atoms with Crippen LogP contribution >= 0.6 is 0 Å². The minimum absolute atomic E-state index is 0.0143. The van der Waals surface area contributed by atoms with E-state index in [2.05, 4.69) is 5.16 Å². The highest BCUT2D eigenvalue weighted by atomic mass is 16.5. The molecule has 1 aliphatic heterocycles. The number of amides is 2. The van der Waals surface area contributed by atoms with Gasteiger partial charge in [0, 0.05) is 45.8 Å². The van der Waals surface area contributed by atoms with Crippen LogP contribution in [0, 0.1) is 0 Å². The van der Waals surface area contributed by atoms with E-state index in [1.54, 1.807) is 55.3 Å². The predicted molar refractivity (Wildman–Crippen MR) is 118 cm³/mol. The van der Waals surface area contributed by atoms with Crippen LogP contribution in [0.1, 0.15) is 36.7 Å². The quantitative estimate of drug-likeness (QED) is 0.555. The van der Waals surface area contributed by atoms with E-state index in [4.69, 9.17) is 18.7 Å². The molecule has 9 heteroatoms. The number of carbonyl (C=O) groups is 2. The minimum Gasteiger partial charge on any atom is -0.497 e. The number of methoxy groups -OCH3 is 2. The third kappa shape index (κ3) is 5.59.